The number of amides is 1. The normalized spacial score (nSPS) is 10.8. The second kappa shape index (κ2) is 7.30. The molecule has 26 heavy (non-hydrogen) atoms. The average Bonchev–Trinajstić information content (AvgIpc) is 3.02. The fourth-order valence-corrected chi connectivity index (χ4v) is 2.83. The molecule has 0 spiro atoms. The highest BCUT2D eigenvalue weighted by molar-refractivity contribution is 5.94. The number of fused-ring (bicyclic) bond motifs is 1. The van der Waals surface area contributed by atoms with Crippen molar-refractivity contribution >= 4 is 22.6 Å². The molecule has 2 aromatic heterocycles. The summed E-state index contributed by atoms with van der Waals surface area (Å²) < 4.78 is 1.63. The van der Waals surface area contributed by atoms with Crippen LogP contribution in [0.2, 0.25) is 0 Å². The van der Waals surface area contributed by atoms with Gasteiger partial charge in [0.05, 0.1) is 17.8 Å². The Morgan fingerprint density at radius 2 is 2.08 bits per heavy atom. The Bertz CT molecular complexity index is 961. The van der Waals surface area contributed by atoms with E-state index in [4.69, 9.17) is 5.11 Å². The lowest BCUT2D eigenvalue weighted by Gasteiger charge is -2.18. The molecule has 1 amide bonds. The van der Waals surface area contributed by atoms with Gasteiger partial charge in [-0.1, -0.05) is 17.3 Å². The van der Waals surface area contributed by atoms with E-state index >= 15 is 0 Å². The summed E-state index contributed by atoms with van der Waals surface area (Å²) in [5, 5.41) is 19.0. The van der Waals surface area contributed by atoms with Crippen molar-refractivity contribution in [3.63, 3.8) is 0 Å². The molecule has 0 atom stereocenters. The monoisotopic (exact) mass is 353 g/mol. The third kappa shape index (κ3) is 3.26. The molecule has 0 aliphatic carbocycles. The molecule has 0 bridgehead atoms. The Balaban J connectivity index is 1.97. The summed E-state index contributed by atoms with van der Waals surface area (Å²) in [6, 6.07) is 7.64. The maximum atomic E-state index is 12.7. The van der Waals surface area contributed by atoms with Gasteiger partial charge in [-0.25, -0.2) is 4.68 Å². The van der Waals surface area contributed by atoms with Gasteiger partial charge in [-0.2, -0.15) is 0 Å². The smallest absolute Gasteiger partial charge is 0.305 e. The number of benzene rings is 1. The molecule has 3 rings (SSSR count). The van der Waals surface area contributed by atoms with Crippen LogP contribution in [-0.4, -0.2) is 55.0 Å². The standard InChI is InChI=1S/C18H19N5O3/c1-3-22(10-8-16(24)25)18(26)17-12(2)23(21-20-17)15-6-4-5-13-11-19-9-7-14(13)15/h4-7,9,11H,3,8,10H2,1-2H3,(H,24,25). The minimum atomic E-state index is -0.944. The number of carboxylic acids is 1. The summed E-state index contributed by atoms with van der Waals surface area (Å²) in [5.74, 6) is -1.26. The predicted molar refractivity (Wildman–Crippen MR) is 95.2 cm³/mol. The van der Waals surface area contributed by atoms with Crippen LogP contribution in [0.4, 0.5) is 0 Å². The second-order valence-corrected chi connectivity index (χ2v) is 5.84. The van der Waals surface area contributed by atoms with Gasteiger partial charge in [0, 0.05) is 36.3 Å². The minimum Gasteiger partial charge on any atom is -0.481 e. The molecule has 8 heteroatoms. The number of aromatic nitrogens is 4. The number of hydrogen-bond donors (Lipinski definition) is 1. The molecule has 0 aliphatic heterocycles. The van der Waals surface area contributed by atoms with E-state index in [0.29, 0.717) is 12.2 Å². The Morgan fingerprint density at radius 1 is 1.27 bits per heavy atom. The van der Waals surface area contributed by atoms with Crippen molar-refractivity contribution in [1.29, 1.82) is 0 Å². The number of hydrogen-bond acceptors (Lipinski definition) is 5. The van der Waals surface area contributed by atoms with Crippen LogP contribution in [0.3, 0.4) is 0 Å². The van der Waals surface area contributed by atoms with E-state index in [2.05, 4.69) is 15.3 Å². The van der Waals surface area contributed by atoms with Crippen LogP contribution in [0.25, 0.3) is 16.5 Å². The van der Waals surface area contributed by atoms with Gasteiger partial charge in [-0.15, -0.1) is 5.10 Å². The van der Waals surface area contributed by atoms with Gasteiger partial charge in [-0.3, -0.25) is 14.6 Å². The van der Waals surface area contributed by atoms with Gasteiger partial charge in [0.2, 0.25) is 0 Å². The summed E-state index contributed by atoms with van der Waals surface area (Å²) in [6.45, 7) is 4.12. The van der Waals surface area contributed by atoms with E-state index in [9.17, 15) is 9.59 Å². The Labute approximate surface area is 150 Å². The molecule has 0 saturated carbocycles. The topological polar surface area (TPSA) is 101 Å². The predicted octanol–water partition coefficient (Wildman–Crippen LogP) is 2.06. The molecule has 0 saturated heterocycles. The lowest BCUT2D eigenvalue weighted by atomic mass is 10.1. The zero-order chi connectivity index (χ0) is 18.7. The van der Waals surface area contributed by atoms with Crippen LogP contribution in [0.1, 0.15) is 29.5 Å². The Morgan fingerprint density at radius 3 is 2.81 bits per heavy atom. The lowest BCUT2D eigenvalue weighted by Crippen LogP contribution is -2.33. The van der Waals surface area contributed by atoms with Crippen LogP contribution in [0.5, 0.6) is 0 Å². The summed E-state index contributed by atoms with van der Waals surface area (Å²) in [6.07, 6.45) is 3.36. The first-order valence-electron chi connectivity index (χ1n) is 8.29. The SMILES string of the molecule is CCN(CCC(=O)O)C(=O)c1nnn(-c2cccc3cnccc23)c1C. The number of carbonyl (C=O) groups is 2. The number of rotatable bonds is 6. The van der Waals surface area contributed by atoms with Crippen molar-refractivity contribution in [2.45, 2.75) is 20.3 Å². The van der Waals surface area contributed by atoms with Crippen molar-refractivity contribution in [1.82, 2.24) is 24.9 Å². The molecule has 0 radical (unpaired) electrons. The van der Waals surface area contributed by atoms with E-state index in [1.807, 2.05) is 24.3 Å². The zero-order valence-electron chi connectivity index (χ0n) is 14.6. The quantitative estimate of drug-likeness (QED) is 0.728. The minimum absolute atomic E-state index is 0.108. The summed E-state index contributed by atoms with van der Waals surface area (Å²) in [7, 11) is 0. The van der Waals surface area contributed by atoms with Crippen LogP contribution in [0.15, 0.2) is 36.7 Å². The molecule has 1 N–H and O–H groups in total. The maximum Gasteiger partial charge on any atom is 0.305 e. The average molecular weight is 353 g/mol. The number of pyridine rings is 1. The van der Waals surface area contributed by atoms with Gasteiger partial charge in [0.25, 0.3) is 5.91 Å². The third-order valence-corrected chi connectivity index (χ3v) is 4.25. The summed E-state index contributed by atoms with van der Waals surface area (Å²) in [5.41, 5.74) is 1.64. The van der Waals surface area contributed by atoms with Gasteiger partial charge in [0.1, 0.15) is 0 Å². The highest BCUT2D eigenvalue weighted by Crippen LogP contribution is 2.22. The highest BCUT2D eigenvalue weighted by atomic mass is 16.4. The Hall–Kier alpha value is -3.29. The molecular weight excluding hydrogens is 334 g/mol. The zero-order valence-corrected chi connectivity index (χ0v) is 14.6. The molecular formula is C18H19N5O3. The number of aliphatic carboxylic acids is 1. The molecule has 3 aromatic rings. The van der Waals surface area contributed by atoms with Crippen LogP contribution in [-0.2, 0) is 4.79 Å². The number of nitrogens with zero attached hydrogens (tertiary/aromatic N) is 5. The molecule has 2 heterocycles. The van der Waals surface area contributed by atoms with E-state index in [0.717, 1.165) is 16.5 Å². The fourth-order valence-electron chi connectivity index (χ4n) is 2.83. The third-order valence-electron chi connectivity index (χ3n) is 4.25. The largest absolute Gasteiger partial charge is 0.481 e. The first kappa shape index (κ1) is 17.5. The number of carbonyl (C=O) groups excluding carboxylic acids is 1. The van der Waals surface area contributed by atoms with E-state index in [-0.39, 0.29) is 24.6 Å². The molecule has 0 aliphatic rings. The summed E-state index contributed by atoms with van der Waals surface area (Å²) in [4.78, 5) is 29.1. The van der Waals surface area contributed by atoms with Gasteiger partial charge >= 0.3 is 5.97 Å². The van der Waals surface area contributed by atoms with Crippen molar-refractivity contribution < 1.29 is 14.7 Å². The van der Waals surface area contributed by atoms with E-state index in [1.165, 1.54) is 4.90 Å². The van der Waals surface area contributed by atoms with E-state index < -0.39 is 5.97 Å². The first-order valence-corrected chi connectivity index (χ1v) is 8.29. The van der Waals surface area contributed by atoms with Crippen LogP contribution < -0.4 is 0 Å². The van der Waals surface area contributed by atoms with Gasteiger partial charge < -0.3 is 10.0 Å². The van der Waals surface area contributed by atoms with Crippen LogP contribution >= 0.6 is 0 Å². The molecule has 1 aromatic carbocycles. The lowest BCUT2D eigenvalue weighted by molar-refractivity contribution is -0.137. The van der Waals surface area contributed by atoms with E-state index in [1.54, 1.807) is 30.9 Å². The summed E-state index contributed by atoms with van der Waals surface area (Å²) >= 11 is 0. The van der Waals surface area contributed by atoms with Crippen molar-refractivity contribution in [3.8, 4) is 5.69 Å². The molecule has 134 valence electrons. The van der Waals surface area contributed by atoms with Crippen molar-refractivity contribution in [2.24, 2.45) is 0 Å². The molecule has 0 fully saturated rings. The molecule has 8 nitrogen and oxygen atoms in total. The Kier molecular flexibility index (Phi) is 4.92. The highest BCUT2D eigenvalue weighted by Gasteiger charge is 2.23. The maximum absolute atomic E-state index is 12.7. The van der Waals surface area contributed by atoms with Crippen molar-refractivity contribution in [2.75, 3.05) is 13.1 Å². The fraction of sp³-hybridized carbons (Fsp3) is 0.278. The van der Waals surface area contributed by atoms with Gasteiger partial charge in [-0.05, 0) is 26.0 Å². The first-order chi connectivity index (χ1) is 12.5. The van der Waals surface area contributed by atoms with Crippen LogP contribution in [0, 0.1) is 6.92 Å². The molecule has 0 unspecified atom stereocenters. The number of carboxylic acid groups (broad SMARTS) is 1. The second-order valence-electron chi connectivity index (χ2n) is 5.84. The van der Waals surface area contributed by atoms with Gasteiger partial charge in [0.15, 0.2) is 5.69 Å². The van der Waals surface area contributed by atoms with Crippen molar-refractivity contribution in [3.05, 3.63) is 48.0 Å².